The third-order valence-electron chi connectivity index (χ3n) is 4.21. The van der Waals surface area contributed by atoms with Crippen LogP contribution in [0.3, 0.4) is 0 Å². The van der Waals surface area contributed by atoms with Gasteiger partial charge < -0.3 is 20.5 Å². The highest BCUT2D eigenvalue weighted by Crippen LogP contribution is 2.33. The molecule has 1 heterocycles. The molecule has 0 bridgehead atoms. The zero-order valence-corrected chi connectivity index (χ0v) is 13.9. The highest BCUT2D eigenvalue weighted by Gasteiger charge is 2.29. The van der Waals surface area contributed by atoms with Crippen LogP contribution >= 0.6 is 0 Å². The molecule has 24 heavy (non-hydrogen) atoms. The minimum Gasteiger partial charge on any atom is -0.468 e. The first kappa shape index (κ1) is 18.4. The molecule has 132 valence electrons. The van der Waals surface area contributed by atoms with E-state index >= 15 is 0 Å². The maximum absolute atomic E-state index is 13.9. The molecule has 1 amide bonds. The summed E-state index contributed by atoms with van der Waals surface area (Å²) in [7, 11) is 1.22. The topological polar surface area (TPSA) is 90.6 Å². The van der Waals surface area contributed by atoms with Gasteiger partial charge in [-0.3, -0.25) is 9.59 Å². The Labute approximate surface area is 140 Å². The van der Waals surface area contributed by atoms with E-state index in [4.69, 9.17) is 10.5 Å². The van der Waals surface area contributed by atoms with Crippen LogP contribution in [-0.2, 0) is 14.3 Å². The lowest BCUT2D eigenvalue weighted by atomic mass is 9.90. The fourth-order valence-electron chi connectivity index (χ4n) is 2.93. The van der Waals surface area contributed by atoms with Crippen molar-refractivity contribution in [3.8, 4) is 0 Å². The average Bonchev–Trinajstić information content (AvgIpc) is 3.06. The molecule has 3 atom stereocenters. The summed E-state index contributed by atoms with van der Waals surface area (Å²) in [5.74, 6) is -1.50. The van der Waals surface area contributed by atoms with E-state index in [9.17, 15) is 14.0 Å². The minimum atomic E-state index is -0.959. The van der Waals surface area contributed by atoms with Crippen LogP contribution in [0.4, 0.5) is 4.39 Å². The van der Waals surface area contributed by atoms with E-state index < -0.39 is 23.7 Å². The highest BCUT2D eigenvalue weighted by atomic mass is 19.1. The van der Waals surface area contributed by atoms with E-state index in [0.29, 0.717) is 6.61 Å². The Kier molecular flexibility index (Phi) is 6.28. The summed E-state index contributed by atoms with van der Waals surface area (Å²) in [5.41, 5.74) is 6.52. The molecule has 0 spiro atoms. The van der Waals surface area contributed by atoms with Gasteiger partial charge in [0.25, 0.3) is 5.91 Å². The van der Waals surface area contributed by atoms with E-state index in [1.165, 1.54) is 19.2 Å². The van der Waals surface area contributed by atoms with Crippen LogP contribution in [0, 0.1) is 5.82 Å². The normalized spacial score (nSPS) is 21.3. The number of carbonyl (C=O) groups is 2. The molecule has 1 aromatic carbocycles. The number of nitrogens with two attached hydrogens (primary N) is 1. The number of ether oxygens (including phenoxy) is 2. The van der Waals surface area contributed by atoms with E-state index in [2.05, 4.69) is 10.1 Å². The molecule has 3 N–H and O–H groups in total. The van der Waals surface area contributed by atoms with Crippen molar-refractivity contribution >= 4 is 11.9 Å². The lowest BCUT2D eigenvalue weighted by molar-refractivity contribution is -0.141. The molecule has 1 aliphatic rings. The molecule has 0 radical (unpaired) electrons. The van der Waals surface area contributed by atoms with Crippen LogP contribution in [0.2, 0.25) is 0 Å². The first-order valence-corrected chi connectivity index (χ1v) is 8.00. The monoisotopic (exact) mass is 338 g/mol. The van der Waals surface area contributed by atoms with Crippen molar-refractivity contribution in [3.63, 3.8) is 0 Å². The smallest absolute Gasteiger partial charge is 0.324 e. The number of benzene rings is 1. The first-order valence-electron chi connectivity index (χ1n) is 8.00. The molecule has 6 nitrogen and oxygen atoms in total. The van der Waals surface area contributed by atoms with Gasteiger partial charge in [-0.1, -0.05) is 6.92 Å². The summed E-state index contributed by atoms with van der Waals surface area (Å²) >= 11 is 0. The van der Waals surface area contributed by atoms with Crippen LogP contribution in [-0.4, -0.2) is 44.3 Å². The van der Waals surface area contributed by atoms with Gasteiger partial charge in [0, 0.05) is 24.6 Å². The number of esters is 1. The first-order chi connectivity index (χ1) is 11.5. The fraction of sp³-hybridized carbons (Fsp3) is 0.529. The van der Waals surface area contributed by atoms with Crippen LogP contribution < -0.4 is 11.1 Å². The fourth-order valence-corrected chi connectivity index (χ4v) is 2.93. The van der Waals surface area contributed by atoms with Crippen molar-refractivity contribution in [2.75, 3.05) is 20.3 Å². The number of hydrogen-bond acceptors (Lipinski definition) is 5. The standard InChI is InChI=1S/C17H23FN2O4/c1-3-15-13(4-5-24-15)10-6-11(8-12(18)7-10)16(21)20-9-14(19)17(22)23-2/h6-8,13-15H,3-5,9,19H2,1-2H3,(H,20,21)/t13-,14+,15+/m0/s1. The Morgan fingerprint density at radius 1 is 1.46 bits per heavy atom. The molecule has 1 aliphatic heterocycles. The summed E-state index contributed by atoms with van der Waals surface area (Å²) in [6.45, 7) is 2.57. The van der Waals surface area contributed by atoms with E-state index in [-0.39, 0.29) is 24.1 Å². The molecule has 0 unspecified atom stereocenters. The molecule has 0 saturated carbocycles. The SMILES string of the molecule is CC[C@H]1OCC[C@H]1c1cc(F)cc(C(=O)NC[C@@H](N)C(=O)OC)c1. The lowest BCUT2D eigenvalue weighted by Gasteiger charge is -2.18. The van der Waals surface area contributed by atoms with Gasteiger partial charge >= 0.3 is 5.97 Å². The maximum atomic E-state index is 13.9. The van der Waals surface area contributed by atoms with Crippen LogP contribution in [0.1, 0.15) is 41.6 Å². The average molecular weight is 338 g/mol. The molecule has 2 rings (SSSR count). The van der Waals surface area contributed by atoms with E-state index in [0.717, 1.165) is 18.4 Å². The summed E-state index contributed by atoms with van der Waals surface area (Å²) in [4.78, 5) is 23.5. The van der Waals surface area contributed by atoms with Crippen molar-refractivity contribution in [3.05, 3.63) is 35.1 Å². The highest BCUT2D eigenvalue weighted by molar-refractivity contribution is 5.94. The summed E-state index contributed by atoms with van der Waals surface area (Å²) in [6.07, 6.45) is 1.67. The Morgan fingerprint density at radius 2 is 2.21 bits per heavy atom. The Bertz CT molecular complexity index is 608. The molecular weight excluding hydrogens is 315 g/mol. The maximum Gasteiger partial charge on any atom is 0.324 e. The third-order valence-corrected chi connectivity index (χ3v) is 4.21. The largest absolute Gasteiger partial charge is 0.468 e. The quantitative estimate of drug-likeness (QED) is 0.764. The van der Waals surface area contributed by atoms with Gasteiger partial charge in [0.1, 0.15) is 11.9 Å². The van der Waals surface area contributed by atoms with Crippen molar-refractivity contribution in [1.82, 2.24) is 5.32 Å². The molecule has 7 heteroatoms. The number of hydrogen-bond donors (Lipinski definition) is 2. The third kappa shape index (κ3) is 4.30. The second kappa shape index (κ2) is 8.21. The van der Waals surface area contributed by atoms with Gasteiger partial charge in [0.2, 0.25) is 0 Å². The van der Waals surface area contributed by atoms with Crippen molar-refractivity contribution in [2.24, 2.45) is 5.73 Å². The predicted molar refractivity (Wildman–Crippen MR) is 86.1 cm³/mol. The van der Waals surface area contributed by atoms with Gasteiger partial charge in [-0.05, 0) is 36.6 Å². The molecule has 1 aromatic rings. The number of rotatable bonds is 6. The number of nitrogens with one attached hydrogen (secondary N) is 1. The van der Waals surface area contributed by atoms with Crippen LogP contribution in [0.15, 0.2) is 18.2 Å². The van der Waals surface area contributed by atoms with Gasteiger partial charge in [-0.15, -0.1) is 0 Å². The second-order valence-corrected chi connectivity index (χ2v) is 5.83. The Morgan fingerprint density at radius 3 is 2.88 bits per heavy atom. The molecule has 1 saturated heterocycles. The van der Waals surface area contributed by atoms with E-state index in [1.807, 2.05) is 6.92 Å². The van der Waals surface area contributed by atoms with Crippen LogP contribution in [0.5, 0.6) is 0 Å². The van der Waals surface area contributed by atoms with Crippen molar-refractivity contribution in [2.45, 2.75) is 37.8 Å². The lowest BCUT2D eigenvalue weighted by Crippen LogP contribution is -2.43. The van der Waals surface area contributed by atoms with E-state index in [1.54, 1.807) is 6.07 Å². The zero-order valence-electron chi connectivity index (χ0n) is 13.9. The number of methoxy groups -OCH3 is 1. The molecular formula is C17H23FN2O4. The summed E-state index contributed by atoms with van der Waals surface area (Å²) in [5, 5.41) is 2.52. The molecule has 0 aliphatic carbocycles. The summed E-state index contributed by atoms with van der Waals surface area (Å²) < 4.78 is 24.1. The van der Waals surface area contributed by atoms with Crippen molar-refractivity contribution < 1.29 is 23.5 Å². The second-order valence-electron chi connectivity index (χ2n) is 5.83. The van der Waals surface area contributed by atoms with Gasteiger partial charge in [-0.2, -0.15) is 0 Å². The van der Waals surface area contributed by atoms with Gasteiger partial charge in [0.05, 0.1) is 13.2 Å². The number of carbonyl (C=O) groups excluding carboxylic acids is 2. The zero-order chi connectivity index (χ0) is 17.7. The Balaban J connectivity index is 2.10. The minimum absolute atomic E-state index is 0.0375. The van der Waals surface area contributed by atoms with Crippen molar-refractivity contribution in [1.29, 1.82) is 0 Å². The number of halogens is 1. The van der Waals surface area contributed by atoms with Gasteiger partial charge in [-0.25, -0.2) is 4.39 Å². The molecule has 0 aromatic heterocycles. The Hall–Kier alpha value is -1.99. The summed E-state index contributed by atoms with van der Waals surface area (Å²) in [6, 6.07) is 3.32. The van der Waals surface area contributed by atoms with Crippen LogP contribution in [0.25, 0.3) is 0 Å². The molecule has 1 fully saturated rings. The van der Waals surface area contributed by atoms with Gasteiger partial charge in [0.15, 0.2) is 0 Å². The number of amides is 1. The predicted octanol–water partition coefficient (Wildman–Crippen LogP) is 1.34.